The molecule has 2 rings (SSSR count). The summed E-state index contributed by atoms with van der Waals surface area (Å²) in [4.78, 5) is 13.7. The van der Waals surface area contributed by atoms with E-state index in [-0.39, 0.29) is 5.92 Å². The lowest BCUT2D eigenvalue weighted by molar-refractivity contribution is -0.144. The van der Waals surface area contributed by atoms with Crippen molar-refractivity contribution in [2.75, 3.05) is 26.2 Å². The van der Waals surface area contributed by atoms with E-state index in [9.17, 15) is 9.90 Å². The summed E-state index contributed by atoms with van der Waals surface area (Å²) in [5, 5.41) is 13.0. The van der Waals surface area contributed by atoms with Crippen molar-refractivity contribution < 1.29 is 9.90 Å². The first-order valence-electron chi connectivity index (χ1n) is 8.23. The van der Waals surface area contributed by atoms with E-state index >= 15 is 0 Å². The summed E-state index contributed by atoms with van der Waals surface area (Å²) in [5.74, 6) is 0.575. The van der Waals surface area contributed by atoms with Crippen molar-refractivity contribution in [3.8, 4) is 0 Å². The molecule has 2 unspecified atom stereocenters. The van der Waals surface area contributed by atoms with Crippen LogP contribution in [0.4, 0.5) is 0 Å². The number of hydrogen-bond donors (Lipinski definition) is 2. The molecule has 1 heterocycles. The molecule has 0 bridgehead atoms. The highest BCUT2D eigenvalue weighted by Crippen LogP contribution is 2.25. The lowest BCUT2D eigenvalue weighted by Gasteiger charge is -2.37. The summed E-state index contributed by atoms with van der Waals surface area (Å²) in [6, 6.07) is 0.351. The summed E-state index contributed by atoms with van der Waals surface area (Å²) >= 11 is 0. The standard InChI is InChI=1S/C16H30N2O2/c1-12(2)9-18-10-14(16(19)20)7-15(11-18)17-8-13-5-3-4-6-13/h12-15,17H,3-11H2,1-2H3,(H,19,20). The second-order valence-electron chi connectivity index (χ2n) is 7.14. The topological polar surface area (TPSA) is 52.6 Å². The maximum absolute atomic E-state index is 11.3. The van der Waals surface area contributed by atoms with Gasteiger partial charge in [-0.3, -0.25) is 4.79 Å². The molecule has 116 valence electrons. The molecule has 2 N–H and O–H groups in total. The van der Waals surface area contributed by atoms with Crippen LogP contribution in [0.25, 0.3) is 0 Å². The Morgan fingerprint density at radius 3 is 2.60 bits per heavy atom. The smallest absolute Gasteiger partial charge is 0.307 e. The van der Waals surface area contributed by atoms with Gasteiger partial charge < -0.3 is 15.3 Å². The van der Waals surface area contributed by atoms with Crippen LogP contribution in [0.1, 0.15) is 46.0 Å². The van der Waals surface area contributed by atoms with Crippen LogP contribution in [0.5, 0.6) is 0 Å². The number of carboxylic acids is 1. The van der Waals surface area contributed by atoms with E-state index in [2.05, 4.69) is 24.1 Å². The van der Waals surface area contributed by atoms with Crippen LogP contribution in [-0.4, -0.2) is 48.2 Å². The summed E-state index contributed by atoms with van der Waals surface area (Å²) in [6.45, 7) is 8.21. The van der Waals surface area contributed by atoms with Gasteiger partial charge in [-0.2, -0.15) is 0 Å². The first-order chi connectivity index (χ1) is 9.54. The third kappa shape index (κ3) is 4.74. The highest BCUT2D eigenvalue weighted by atomic mass is 16.4. The van der Waals surface area contributed by atoms with Gasteiger partial charge in [0.2, 0.25) is 0 Å². The molecule has 0 aromatic rings. The molecule has 1 saturated heterocycles. The van der Waals surface area contributed by atoms with E-state index in [1.165, 1.54) is 25.7 Å². The van der Waals surface area contributed by atoms with Crippen molar-refractivity contribution in [1.29, 1.82) is 0 Å². The van der Waals surface area contributed by atoms with Gasteiger partial charge in [0.15, 0.2) is 0 Å². The minimum Gasteiger partial charge on any atom is -0.481 e. The minimum absolute atomic E-state index is 0.205. The fourth-order valence-corrected chi connectivity index (χ4v) is 3.73. The number of likely N-dealkylation sites (tertiary alicyclic amines) is 1. The number of hydrogen-bond acceptors (Lipinski definition) is 3. The number of carbonyl (C=O) groups is 1. The first kappa shape index (κ1) is 15.8. The monoisotopic (exact) mass is 282 g/mol. The Balaban J connectivity index is 1.84. The van der Waals surface area contributed by atoms with E-state index in [0.29, 0.717) is 12.0 Å². The van der Waals surface area contributed by atoms with Crippen LogP contribution in [0, 0.1) is 17.8 Å². The van der Waals surface area contributed by atoms with Crippen molar-refractivity contribution in [3.63, 3.8) is 0 Å². The molecular formula is C16H30N2O2. The number of rotatable bonds is 6. The molecule has 0 spiro atoms. The molecule has 1 aliphatic heterocycles. The van der Waals surface area contributed by atoms with Crippen LogP contribution in [0.3, 0.4) is 0 Å². The molecule has 2 atom stereocenters. The predicted molar refractivity (Wildman–Crippen MR) is 80.8 cm³/mol. The Labute approximate surface area is 122 Å². The van der Waals surface area contributed by atoms with Crippen molar-refractivity contribution >= 4 is 5.97 Å². The van der Waals surface area contributed by atoms with E-state index in [1.807, 2.05) is 0 Å². The van der Waals surface area contributed by atoms with Crippen molar-refractivity contribution in [1.82, 2.24) is 10.2 Å². The summed E-state index contributed by atoms with van der Waals surface area (Å²) in [5.41, 5.74) is 0. The van der Waals surface area contributed by atoms with Gasteiger partial charge >= 0.3 is 5.97 Å². The molecule has 1 saturated carbocycles. The predicted octanol–water partition coefficient (Wildman–Crippen LogP) is 2.20. The van der Waals surface area contributed by atoms with E-state index < -0.39 is 5.97 Å². The van der Waals surface area contributed by atoms with Gasteiger partial charge in [0.1, 0.15) is 0 Å². The second-order valence-corrected chi connectivity index (χ2v) is 7.14. The zero-order chi connectivity index (χ0) is 14.5. The quantitative estimate of drug-likeness (QED) is 0.784. The van der Waals surface area contributed by atoms with Gasteiger partial charge in [0.25, 0.3) is 0 Å². The van der Waals surface area contributed by atoms with Crippen LogP contribution < -0.4 is 5.32 Å². The largest absolute Gasteiger partial charge is 0.481 e. The molecule has 2 aliphatic rings. The third-order valence-corrected chi connectivity index (χ3v) is 4.67. The van der Waals surface area contributed by atoms with E-state index in [4.69, 9.17) is 0 Å². The number of aliphatic carboxylic acids is 1. The number of carboxylic acid groups (broad SMARTS) is 1. The first-order valence-corrected chi connectivity index (χ1v) is 8.23. The van der Waals surface area contributed by atoms with Crippen LogP contribution in [0.15, 0.2) is 0 Å². The van der Waals surface area contributed by atoms with Gasteiger partial charge in [-0.25, -0.2) is 0 Å². The van der Waals surface area contributed by atoms with Crippen molar-refractivity contribution in [3.05, 3.63) is 0 Å². The van der Waals surface area contributed by atoms with Gasteiger partial charge in [-0.1, -0.05) is 26.7 Å². The zero-order valence-corrected chi connectivity index (χ0v) is 13.0. The van der Waals surface area contributed by atoms with Gasteiger partial charge in [-0.15, -0.1) is 0 Å². The highest BCUT2D eigenvalue weighted by Gasteiger charge is 2.31. The number of piperidine rings is 1. The Kier molecular flexibility index (Phi) is 5.85. The van der Waals surface area contributed by atoms with Gasteiger partial charge in [0.05, 0.1) is 5.92 Å². The van der Waals surface area contributed by atoms with E-state index in [1.54, 1.807) is 0 Å². The normalized spacial score (nSPS) is 29.1. The molecule has 4 heteroatoms. The van der Waals surface area contributed by atoms with Gasteiger partial charge in [-0.05, 0) is 37.6 Å². The Bertz CT molecular complexity index is 314. The zero-order valence-electron chi connectivity index (χ0n) is 13.0. The average molecular weight is 282 g/mol. The summed E-state index contributed by atoms with van der Waals surface area (Å²) in [6.07, 6.45) is 6.22. The van der Waals surface area contributed by atoms with Crippen molar-refractivity contribution in [2.45, 2.75) is 52.0 Å². The maximum Gasteiger partial charge on any atom is 0.307 e. The average Bonchev–Trinajstić information content (AvgIpc) is 2.88. The molecule has 20 heavy (non-hydrogen) atoms. The molecule has 0 amide bonds. The van der Waals surface area contributed by atoms with E-state index in [0.717, 1.165) is 38.5 Å². The molecule has 1 aliphatic carbocycles. The Morgan fingerprint density at radius 1 is 1.30 bits per heavy atom. The third-order valence-electron chi connectivity index (χ3n) is 4.67. The Hall–Kier alpha value is -0.610. The van der Waals surface area contributed by atoms with Crippen LogP contribution in [-0.2, 0) is 4.79 Å². The maximum atomic E-state index is 11.3. The van der Waals surface area contributed by atoms with Crippen LogP contribution >= 0.6 is 0 Å². The lowest BCUT2D eigenvalue weighted by atomic mass is 9.93. The number of nitrogens with one attached hydrogen (secondary N) is 1. The fourth-order valence-electron chi connectivity index (χ4n) is 3.73. The summed E-state index contributed by atoms with van der Waals surface area (Å²) in [7, 11) is 0. The van der Waals surface area contributed by atoms with Crippen molar-refractivity contribution in [2.24, 2.45) is 17.8 Å². The van der Waals surface area contributed by atoms with Gasteiger partial charge in [0, 0.05) is 25.7 Å². The molecule has 0 aromatic heterocycles. The minimum atomic E-state index is -0.633. The molecule has 0 aromatic carbocycles. The van der Waals surface area contributed by atoms with Crippen LogP contribution in [0.2, 0.25) is 0 Å². The molecule has 4 nitrogen and oxygen atoms in total. The highest BCUT2D eigenvalue weighted by molar-refractivity contribution is 5.70. The SMILES string of the molecule is CC(C)CN1CC(NCC2CCCC2)CC(C(=O)O)C1. The molecule has 0 radical (unpaired) electrons. The fraction of sp³-hybridized carbons (Fsp3) is 0.938. The molecule has 2 fully saturated rings. The lowest BCUT2D eigenvalue weighted by Crippen LogP contribution is -2.52. The molecular weight excluding hydrogens is 252 g/mol. The number of nitrogens with zero attached hydrogens (tertiary/aromatic N) is 1. The summed E-state index contributed by atoms with van der Waals surface area (Å²) < 4.78 is 0. The second kappa shape index (κ2) is 7.41. The Morgan fingerprint density at radius 2 is 2.00 bits per heavy atom.